The summed E-state index contributed by atoms with van der Waals surface area (Å²) >= 11 is 0. The molecule has 0 saturated heterocycles. The minimum atomic E-state index is 0.543. The smallest absolute Gasteiger partial charge is 0.158 e. The molecule has 0 unspecified atom stereocenters. The number of rotatable bonds is 6. The van der Waals surface area contributed by atoms with E-state index in [0.717, 1.165) is 42.7 Å². The zero-order chi connectivity index (χ0) is 13.9. The van der Waals surface area contributed by atoms with E-state index in [9.17, 15) is 0 Å². The summed E-state index contributed by atoms with van der Waals surface area (Å²) in [7, 11) is 0. The van der Waals surface area contributed by atoms with Crippen molar-refractivity contribution in [3.63, 3.8) is 0 Å². The molecular formula is C15H21N5. The van der Waals surface area contributed by atoms with Gasteiger partial charge in [-0.15, -0.1) is 0 Å². The van der Waals surface area contributed by atoms with E-state index in [2.05, 4.69) is 33.7 Å². The lowest BCUT2D eigenvalue weighted by molar-refractivity contribution is 0.683. The van der Waals surface area contributed by atoms with Crippen molar-refractivity contribution in [3.05, 3.63) is 24.3 Å². The van der Waals surface area contributed by atoms with Gasteiger partial charge in [-0.3, -0.25) is 0 Å². The second-order valence-electron chi connectivity index (χ2n) is 5.25. The van der Waals surface area contributed by atoms with Gasteiger partial charge < -0.3 is 9.88 Å². The van der Waals surface area contributed by atoms with Crippen LogP contribution in [0.15, 0.2) is 18.5 Å². The molecule has 0 radical (unpaired) electrons. The van der Waals surface area contributed by atoms with Gasteiger partial charge in [0.1, 0.15) is 17.3 Å². The van der Waals surface area contributed by atoms with E-state index >= 15 is 0 Å². The summed E-state index contributed by atoms with van der Waals surface area (Å²) in [5.74, 6) is 3.35. The molecule has 2 aromatic heterocycles. The molecule has 2 heterocycles. The van der Waals surface area contributed by atoms with Crippen LogP contribution < -0.4 is 5.32 Å². The third-order valence-corrected chi connectivity index (χ3v) is 3.45. The molecule has 5 nitrogen and oxygen atoms in total. The molecular weight excluding hydrogens is 250 g/mol. The van der Waals surface area contributed by atoms with Gasteiger partial charge >= 0.3 is 0 Å². The largest absolute Gasteiger partial charge is 0.370 e. The molecule has 1 aliphatic rings. The quantitative estimate of drug-likeness (QED) is 0.877. The highest BCUT2D eigenvalue weighted by atomic mass is 15.1. The van der Waals surface area contributed by atoms with Gasteiger partial charge in [-0.25, -0.2) is 15.0 Å². The van der Waals surface area contributed by atoms with Crippen LogP contribution in [0.3, 0.4) is 0 Å². The average Bonchev–Trinajstić information content (AvgIpc) is 3.20. The summed E-state index contributed by atoms with van der Waals surface area (Å²) in [4.78, 5) is 13.8. The van der Waals surface area contributed by atoms with Gasteiger partial charge in [0.25, 0.3) is 0 Å². The number of anilines is 1. The SMILES string of the molecule is CCCn1ccnc1-c1cc(NCC)nc(C2CC2)n1. The van der Waals surface area contributed by atoms with Gasteiger partial charge in [-0.1, -0.05) is 6.92 Å². The fourth-order valence-electron chi connectivity index (χ4n) is 2.34. The Kier molecular flexibility index (Phi) is 3.67. The topological polar surface area (TPSA) is 55.6 Å². The number of nitrogens with one attached hydrogen (secondary N) is 1. The van der Waals surface area contributed by atoms with Crippen molar-refractivity contribution in [2.24, 2.45) is 0 Å². The molecule has 0 atom stereocenters. The molecule has 1 N–H and O–H groups in total. The fraction of sp³-hybridized carbons (Fsp3) is 0.533. The Morgan fingerprint density at radius 2 is 2.15 bits per heavy atom. The molecule has 0 amide bonds. The average molecular weight is 271 g/mol. The predicted molar refractivity (Wildman–Crippen MR) is 79.7 cm³/mol. The molecule has 5 heteroatoms. The van der Waals surface area contributed by atoms with Crippen LogP contribution >= 0.6 is 0 Å². The zero-order valence-corrected chi connectivity index (χ0v) is 12.1. The van der Waals surface area contributed by atoms with E-state index in [0.29, 0.717) is 5.92 Å². The minimum absolute atomic E-state index is 0.543. The first-order chi connectivity index (χ1) is 9.81. The van der Waals surface area contributed by atoms with E-state index in [1.54, 1.807) is 0 Å². The molecule has 20 heavy (non-hydrogen) atoms. The summed E-state index contributed by atoms with van der Waals surface area (Å²) in [6.45, 7) is 6.08. The number of imidazole rings is 1. The Balaban J connectivity index is 2.00. The van der Waals surface area contributed by atoms with Crippen LogP contribution in [0, 0.1) is 0 Å². The molecule has 2 aromatic rings. The highest BCUT2D eigenvalue weighted by Crippen LogP contribution is 2.39. The van der Waals surface area contributed by atoms with Crippen LogP contribution in [0.2, 0.25) is 0 Å². The fourth-order valence-corrected chi connectivity index (χ4v) is 2.34. The first kappa shape index (κ1) is 13.1. The van der Waals surface area contributed by atoms with E-state index < -0.39 is 0 Å². The number of aromatic nitrogens is 4. The van der Waals surface area contributed by atoms with Crippen molar-refractivity contribution in [2.75, 3.05) is 11.9 Å². The Morgan fingerprint density at radius 1 is 1.30 bits per heavy atom. The van der Waals surface area contributed by atoms with Crippen molar-refractivity contribution in [1.82, 2.24) is 19.5 Å². The maximum atomic E-state index is 4.73. The normalized spacial score (nSPS) is 14.5. The van der Waals surface area contributed by atoms with E-state index in [1.165, 1.54) is 12.8 Å². The number of hydrogen-bond donors (Lipinski definition) is 1. The molecule has 0 aromatic carbocycles. The predicted octanol–water partition coefficient (Wildman–Crippen LogP) is 3.06. The van der Waals surface area contributed by atoms with Gasteiger partial charge in [0.2, 0.25) is 0 Å². The highest BCUT2D eigenvalue weighted by Gasteiger charge is 2.27. The summed E-state index contributed by atoms with van der Waals surface area (Å²) in [6.07, 6.45) is 7.36. The van der Waals surface area contributed by atoms with Crippen LogP contribution in [0.1, 0.15) is 44.9 Å². The molecule has 3 rings (SSSR count). The molecule has 0 aliphatic heterocycles. The summed E-state index contributed by atoms with van der Waals surface area (Å²) in [5, 5.41) is 3.30. The second-order valence-corrected chi connectivity index (χ2v) is 5.25. The monoisotopic (exact) mass is 271 g/mol. The lowest BCUT2D eigenvalue weighted by Crippen LogP contribution is -2.06. The first-order valence-electron chi connectivity index (χ1n) is 7.46. The molecule has 0 bridgehead atoms. The van der Waals surface area contributed by atoms with Crippen molar-refractivity contribution >= 4 is 5.82 Å². The standard InChI is InChI=1S/C15H21N5/c1-3-8-20-9-7-17-15(20)12-10-13(16-4-2)19-14(18-12)11-5-6-11/h7,9-11H,3-6,8H2,1-2H3,(H,16,18,19). The number of aryl methyl sites for hydroxylation is 1. The zero-order valence-electron chi connectivity index (χ0n) is 12.1. The van der Waals surface area contributed by atoms with Gasteiger partial charge in [-0.2, -0.15) is 0 Å². The van der Waals surface area contributed by atoms with E-state index in [4.69, 9.17) is 4.98 Å². The molecule has 1 aliphatic carbocycles. The maximum Gasteiger partial charge on any atom is 0.158 e. The molecule has 0 spiro atoms. The second kappa shape index (κ2) is 5.61. The number of nitrogens with zero attached hydrogens (tertiary/aromatic N) is 4. The van der Waals surface area contributed by atoms with Crippen molar-refractivity contribution in [1.29, 1.82) is 0 Å². The Morgan fingerprint density at radius 3 is 2.85 bits per heavy atom. The van der Waals surface area contributed by atoms with Crippen molar-refractivity contribution in [2.45, 2.75) is 45.6 Å². The van der Waals surface area contributed by atoms with Crippen LogP contribution in [-0.2, 0) is 6.54 Å². The van der Waals surface area contributed by atoms with Gasteiger partial charge in [0, 0.05) is 37.5 Å². The van der Waals surface area contributed by atoms with Gasteiger partial charge in [0.15, 0.2) is 5.82 Å². The first-order valence-corrected chi connectivity index (χ1v) is 7.46. The molecule has 1 fully saturated rings. The maximum absolute atomic E-state index is 4.73. The van der Waals surface area contributed by atoms with Crippen LogP contribution in [0.25, 0.3) is 11.5 Å². The van der Waals surface area contributed by atoms with Gasteiger partial charge in [-0.05, 0) is 26.2 Å². The lowest BCUT2D eigenvalue weighted by Gasteiger charge is -2.10. The summed E-state index contributed by atoms with van der Waals surface area (Å²) in [6, 6.07) is 2.00. The Hall–Kier alpha value is -1.91. The van der Waals surface area contributed by atoms with Crippen molar-refractivity contribution in [3.8, 4) is 11.5 Å². The summed E-state index contributed by atoms with van der Waals surface area (Å²) < 4.78 is 2.16. The Labute approximate surface area is 119 Å². The van der Waals surface area contributed by atoms with Crippen LogP contribution in [0.5, 0.6) is 0 Å². The van der Waals surface area contributed by atoms with Crippen LogP contribution in [0.4, 0.5) is 5.82 Å². The number of hydrogen-bond acceptors (Lipinski definition) is 4. The van der Waals surface area contributed by atoms with Crippen molar-refractivity contribution < 1.29 is 0 Å². The third kappa shape index (κ3) is 2.66. The molecule has 106 valence electrons. The third-order valence-electron chi connectivity index (χ3n) is 3.45. The van der Waals surface area contributed by atoms with Gasteiger partial charge in [0.05, 0.1) is 0 Å². The summed E-state index contributed by atoms with van der Waals surface area (Å²) in [5.41, 5.74) is 0.927. The molecule has 1 saturated carbocycles. The Bertz CT molecular complexity index is 586. The highest BCUT2D eigenvalue weighted by molar-refractivity contribution is 5.56. The van der Waals surface area contributed by atoms with E-state index in [-0.39, 0.29) is 0 Å². The van der Waals surface area contributed by atoms with E-state index in [1.807, 2.05) is 18.5 Å². The van der Waals surface area contributed by atoms with Crippen LogP contribution in [-0.4, -0.2) is 26.1 Å². The minimum Gasteiger partial charge on any atom is -0.370 e. The lowest BCUT2D eigenvalue weighted by atomic mass is 10.3.